The number of benzene rings is 1. The summed E-state index contributed by atoms with van der Waals surface area (Å²) in [5.74, 6) is 1.57. The zero-order valence-electron chi connectivity index (χ0n) is 18.9. The first-order chi connectivity index (χ1) is 15.0. The van der Waals surface area contributed by atoms with Crippen LogP contribution < -0.4 is 15.8 Å². The summed E-state index contributed by atoms with van der Waals surface area (Å²) < 4.78 is 10.1. The normalized spacial score (nSPS) is 11.1. The number of aromatic nitrogens is 2. The van der Waals surface area contributed by atoms with Crippen LogP contribution in [-0.2, 0) is 21.2 Å². The average molecular weight is 490 g/mol. The van der Waals surface area contributed by atoms with Crippen molar-refractivity contribution in [3.8, 4) is 5.75 Å². The van der Waals surface area contributed by atoms with E-state index in [1.165, 1.54) is 36.3 Å². The maximum atomic E-state index is 11.2. The molecule has 7 nitrogen and oxygen atoms in total. The first-order valence-corrected chi connectivity index (χ1v) is 13.9. The van der Waals surface area contributed by atoms with E-state index in [2.05, 4.69) is 33.0 Å². The van der Waals surface area contributed by atoms with E-state index in [4.69, 9.17) is 10.5 Å². The Kier molecular flexibility index (Phi) is 11.2. The second-order valence-electron chi connectivity index (χ2n) is 7.42. The Bertz CT molecular complexity index is 832. The van der Waals surface area contributed by atoms with Crippen molar-refractivity contribution in [2.45, 2.75) is 56.4 Å². The van der Waals surface area contributed by atoms with Crippen molar-refractivity contribution in [2.24, 2.45) is 0 Å². The van der Waals surface area contributed by atoms with Gasteiger partial charge in [0.15, 0.2) is 0 Å². The third kappa shape index (κ3) is 9.17. The number of carbonyl (C=O) groups excluding carboxylic acids is 1. The molecule has 0 spiro atoms. The number of esters is 1. The molecule has 1 atom stereocenters. The van der Waals surface area contributed by atoms with Gasteiger partial charge in [0.25, 0.3) is 0 Å². The summed E-state index contributed by atoms with van der Waals surface area (Å²) >= 11 is -0.109. The van der Waals surface area contributed by atoms with Gasteiger partial charge < -0.3 is 0 Å². The van der Waals surface area contributed by atoms with Crippen molar-refractivity contribution in [3.63, 3.8) is 0 Å². The molecule has 0 aliphatic rings. The number of nitrogen functional groups attached to an aromatic ring is 1. The molecule has 0 amide bonds. The number of hydrogen-bond acceptors (Lipinski definition) is 7. The minimum atomic E-state index is -0.375. The monoisotopic (exact) mass is 490 g/mol. The summed E-state index contributed by atoms with van der Waals surface area (Å²) in [6.07, 6.45) is 5.63. The molecule has 0 aliphatic carbocycles. The van der Waals surface area contributed by atoms with E-state index in [1.807, 2.05) is 25.1 Å². The molecule has 0 bridgehead atoms. The molecule has 170 valence electrons. The Morgan fingerprint density at radius 1 is 1.23 bits per heavy atom. The minimum absolute atomic E-state index is 0.0614. The Balaban J connectivity index is 1.80. The van der Waals surface area contributed by atoms with Crippen LogP contribution in [0.15, 0.2) is 24.3 Å². The fraction of sp³-hybridized carbons (Fsp3) is 0.522. The van der Waals surface area contributed by atoms with Crippen LogP contribution in [0.5, 0.6) is 5.75 Å². The molecule has 2 aromatic rings. The number of nitrogens with one attached hydrogen (secondary N) is 1. The van der Waals surface area contributed by atoms with Crippen molar-refractivity contribution < 1.29 is 14.3 Å². The van der Waals surface area contributed by atoms with Gasteiger partial charge in [0.2, 0.25) is 0 Å². The van der Waals surface area contributed by atoms with E-state index >= 15 is 0 Å². The number of nitrogens with two attached hydrogens (primary N) is 1. The number of anilines is 2. The molecule has 1 heterocycles. The Labute approximate surface area is 192 Å². The number of nitrogens with zero attached hydrogens (tertiary/aromatic N) is 2. The zero-order valence-corrected chi connectivity index (χ0v) is 21.0. The quantitative estimate of drug-likeness (QED) is 0.238. The number of aryl methyl sites for hydroxylation is 1. The van der Waals surface area contributed by atoms with Gasteiger partial charge in [-0.1, -0.05) is 0 Å². The third-order valence-corrected chi connectivity index (χ3v) is 7.76. The van der Waals surface area contributed by atoms with Crippen molar-refractivity contribution in [3.05, 3.63) is 41.1 Å². The zero-order chi connectivity index (χ0) is 22.5. The number of unbranched alkanes of at least 4 members (excludes halogenated alkanes) is 2. The van der Waals surface area contributed by atoms with Gasteiger partial charge >= 0.3 is 192 Å². The van der Waals surface area contributed by atoms with E-state index in [-0.39, 0.29) is 28.3 Å². The molecule has 3 N–H and O–H groups in total. The van der Waals surface area contributed by atoms with Crippen LogP contribution in [0.25, 0.3) is 0 Å². The molecule has 1 aromatic heterocycles. The molecule has 1 aromatic carbocycles. The molecule has 0 aliphatic heterocycles. The first kappa shape index (κ1) is 25.0. The van der Waals surface area contributed by atoms with Crippen LogP contribution in [0, 0.1) is 6.92 Å². The number of hydrogen-bond donors (Lipinski definition) is 2. The summed E-state index contributed by atoms with van der Waals surface area (Å²) in [4.78, 5) is 20.0. The van der Waals surface area contributed by atoms with Crippen molar-refractivity contribution >= 4 is 33.5 Å². The van der Waals surface area contributed by atoms with Gasteiger partial charge in [0.05, 0.1) is 0 Å². The van der Waals surface area contributed by atoms with Crippen molar-refractivity contribution in [1.29, 1.82) is 0 Å². The van der Waals surface area contributed by atoms with Gasteiger partial charge in [0, 0.05) is 0 Å². The van der Waals surface area contributed by atoms with E-state index in [0.717, 1.165) is 42.5 Å². The molecular weight excluding hydrogens is 455 g/mol. The van der Waals surface area contributed by atoms with Gasteiger partial charge in [-0.15, -0.1) is 0 Å². The van der Waals surface area contributed by atoms with Crippen LogP contribution in [0.2, 0.25) is 5.21 Å². The summed E-state index contributed by atoms with van der Waals surface area (Å²) in [5.41, 5.74) is 9.29. The van der Waals surface area contributed by atoms with Gasteiger partial charge in [0.1, 0.15) is 0 Å². The molecule has 8 heteroatoms. The first-order valence-electron chi connectivity index (χ1n) is 10.9. The molecule has 1 unspecified atom stereocenters. The summed E-state index contributed by atoms with van der Waals surface area (Å²) in [7, 11) is 1.36. The van der Waals surface area contributed by atoms with E-state index in [0.29, 0.717) is 11.7 Å². The Morgan fingerprint density at radius 3 is 2.84 bits per heavy atom. The standard InChI is InChI=1S/C23H35AsN4O3/c1-4-5-6-13-26-22-20(17(2)27-23(25)28-22)11-8-12-24-15-18-9-7-10-19(14-18)31-16-21(29)30-3/h7,9-10,14,24H,4-6,8,11-13,15-16H2,1-3H3,(H3,25,26,27,28). The third-order valence-electron chi connectivity index (χ3n) is 4.90. The molecular formula is C23H35AsN4O3. The predicted molar refractivity (Wildman–Crippen MR) is 127 cm³/mol. The van der Waals surface area contributed by atoms with Gasteiger partial charge in [-0.25, -0.2) is 0 Å². The second kappa shape index (κ2) is 13.9. The van der Waals surface area contributed by atoms with Crippen LogP contribution >= 0.6 is 0 Å². The number of rotatable bonds is 14. The van der Waals surface area contributed by atoms with Crippen LogP contribution in [0.1, 0.15) is 49.4 Å². The van der Waals surface area contributed by atoms with Crippen LogP contribution in [-0.4, -0.2) is 52.0 Å². The molecule has 0 fully saturated rings. The predicted octanol–water partition coefficient (Wildman–Crippen LogP) is 3.51. The van der Waals surface area contributed by atoms with Crippen LogP contribution in [0.4, 0.5) is 11.8 Å². The molecule has 31 heavy (non-hydrogen) atoms. The van der Waals surface area contributed by atoms with Crippen LogP contribution in [0.3, 0.4) is 0 Å². The van der Waals surface area contributed by atoms with E-state index in [1.54, 1.807) is 0 Å². The second-order valence-corrected chi connectivity index (χ2v) is 10.3. The summed E-state index contributed by atoms with van der Waals surface area (Å²) in [5, 5.41) is 5.78. The molecule has 0 radical (unpaired) electrons. The molecule has 0 saturated carbocycles. The summed E-state index contributed by atoms with van der Waals surface area (Å²) in [6.45, 7) is 5.07. The Morgan fingerprint density at radius 2 is 2.06 bits per heavy atom. The topological polar surface area (TPSA) is 99.4 Å². The molecule has 0 saturated heterocycles. The Hall–Kier alpha value is -2.27. The van der Waals surface area contributed by atoms with Gasteiger partial charge in [-0.05, 0) is 0 Å². The van der Waals surface area contributed by atoms with Gasteiger partial charge in [-0.2, -0.15) is 0 Å². The SMILES string of the molecule is CCCCCNc1nc(N)nc(C)c1CCC[AsH]Cc1cccc(OCC(=O)OC)c1. The van der Waals surface area contributed by atoms with Gasteiger partial charge in [-0.3, -0.25) is 0 Å². The average Bonchev–Trinajstić information content (AvgIpc) is 2.76. The summed E-state index contributed by atoms with van der Waals surface area (Å²) in [6, 6.07) is 7.97. The number of methoxy groups -OCH3 is 1. The van der Waals surface area contributed by atoms with E-state index in [9.17, 15) is 4.79 Å². The number of carbonyl (C=O) groups is 1. The van der Waals surface area contributed by atoms with Crippen molar-refractivity contribution in [2.75, 3.05) is 31.3 Å². The molecule has 2 rings (SSSR count). The van der Waals surface area contributed by atoms with Crippen molar-refractivity contribution in [1.82, 2.24) is 9.97 Å². The fourth-order valence-electron chi connectivity index (χ4n) is 3.21. The maximum absolute atomic E-state index is 11.2. The van der Waals surface area contributed by atoms with E-state index < -0.39 is 0 Å². The number of ether oxygens (including phenoxy) is 2. The fourth-order valence-corrected chi connectivity index (χ4v) is 5.55.